The van der Waals surface area contributed by atoms with Crippen molar-refractivity contribution < 1.29 is 32.5 Å². The van der Waals surface area contributed by atoms with E-state index < -0.39 is 34.4 Å². The predicted molar refractivity (Wildman–Crippen MR) is 168 cm³/mol. The lowest BCUT2D eigenvalue weighted by molar-refractivity contribution is -0.0907. The molecule has 3 aromatic rings. The molecule has 3 unspecified atom stereocenters. The summed E-state index contributed by atoms with van der Waals surface area (Å²) in [5.74, 6) is -0.0437. The number of alkyl carbamates (subject to hydrolysis) is 1. The van der Waals surface area contributed by atoms with Gasteiger partial charge in [0.2, 0.25) is 10.0 Å². The summed E-state index contributed by atoms with van der Waals surface area (Å²) in [5, 5.41) is 20.0. The molecule has 3 heterocycles. The fraction of sp³-hybridized carbons (Fsp3) is 0.484. The summed E-state index contributed by atoms with van der Waals surface area (Å²) in [7, 11) is -2.19. The Morgan fingerprint density at radius 3 is 2.57 bits per heavy atom. The van der Waals surface area contributed by atoms with Gasteiger partial charge in [-0.15, -0.1) is 11.3 Å². The largest absolute Gasteiger partial charge is 0.443 e. The van der Waals surface area contributed by atoms with E-state index in [4.69, 9.17) is 14.2 Å². The molecule has 238 valence electrons. The first kappa shape index (κ1) is 32.3. The Morgan fingerprint density at radius 1 is 1.14 bits per heavy atom. The summed E-state index contributed by atoms with van der Waals surface area (Å²) in [6, 6.07) is 15.2. The second kappa shape index (κ2) is 14.4. The molecule has 11 nitrogen and oxygen atoms in total. The minimum atomic E-state index is -3.98. The van der Waals surface area contributed by atoms with Gasteiger partial charge in [-0.1, -0.05) is 56.3 Å². The van der Waals surface area contributed by atoms with E-state index in [2.05, 4.69) is 15.6 Å². The van der Waals surface area contributed by atoms with Gasteiger partial charge in [0.15, 0.2) is 11.4 Å². The predicted octanol–water partition coefficient (Wildman–Crippen LogP) is 3.96. The number of benzene rings is 2. The highest BCUT2D eigenvalue weighted by Gasteiger charge is 2.44. The monoisotopic (exact) mass is 644 g/mol. The van der Waals surface area contributed by atoms with Crippen molar-refractivity contribution >= 4 is 32.6 Å². The number of carbonyl (C=O) groups excluding carboxylic acids is 1. The van der Waals surface area contributed by atoms with Crippen LogP contribution in [0.3, 0.4) is 0 Å². The van der Waals surface area contributed by atoms with Crippen LogP contribution in [0.4, 0.5) is 9.93 Å². The number of hydrogen-bond donors (Lipinski definition) is 3. The van der Waals surface area contributed by atoms with Gasteiger partial charge < -0.3 is 30.0 Å². The summed E-state index contributed by atoms with van der Waals surface area (Å²) in [4.78, 5) is 17.7. The summed E-state index contributed by atoms with van der Waals surface area (Å²) in [5.41, 5.74) is 2.42. The Bertz CT molecular complexity index is 1480. The Labute approximate surface area is 262 Å². The van der Waals surface area contributed by atoms with Crippen molar-refractivity contribution in [3.05, 3.63) is 65.5 Å². The molecule has 2 fully saturated rings. The van der Waals surface area contributed by atoms with Crippen molar-refractivity contribution in [2.45, 2.75) is 56.1 Å². The average Bonchev–Trinajstić information content (AvgIpc) is 3.76. The molecule has 5 atom stereocenters. The van der Waals surface area contributed by atoms with Gasteiger partial charge in [-0.05, 0) is 36.5 Å². The van der Waals surface area contributed by atoms with E-state index >= 15 is 0 Å². The van der Waals surface area contributed by atoms with E-state index in [-0.39, 0.29) is 49.1 Å². The van der Waals surface area contributed by atoms with Gasteiger partial charge in [0.25, 0.3) is 0 Å². The van der Waals surface area contributed by atoms with Crippen LogP contribution >= 0.6 is 11.3 Å². The Kier molecular flexibility index (Phi) is 10.5. The zero-order valence-corrected chi connectivity index (χ0v) is 26.7. The maximum Gasteiger partial charge on any atom is 0.407 e. The molecule has 1 aromatic heterocycles. The fourth-order valence-corrected chi connectivity index (χ4v) is 7.81. The van der Waals surface area contributed by atoms with Gasteiger partial charge in [0.1, 0.15) is 6.10 Å². The van der Waals surface area contributed by atoms with Crippen LogP contribution in [-0.4, -0.2) is 86.8 Å². The molecule has 0 bridgehead atoms. The molecule has 0 radical (unpaired) electrons. The molecule has 2 saturated heterocycles. The van der Waals surface area contributed by atoms with E-state index in [0.29, 0.717) is 6.61 Å². The molecular formula is C31H40N4O7S2. The van der Waals surface area contributed by atoms with Crippen LogP contribution in [0.15, 0.2) is 64.9 Å². The van der Waals surface area contributed by atoms with Crippen molar-refractivity contribution in [2.75, 3.05) is 38.7 Å². The maximum absolute atomic E-state index is 13.9. The third kappa shape index (κ3) is 7.76. The lowest BCUT2D eigenvalue weighted by Crippen LogP contribution is -2.51. The molecule has 44 heavy (non-hydrogen) atoms. The third-order valence-corrected chi connectivity index (χ3v) is 10.5. The van der Waals surface area contributed by atoms with Crippen LogP contribution in [-0.2, 0) is 30.7 Å². The minimum Gasteiger partial charge on any atom is -0.443 e. The Balaban J connectivity index is 1.32. The zero-order chi connectivity index (χ0) is 31.3. The molecule has 2 aliphatic heterocycles. The first-order valence-corrected chi connectivity index (χ1v) is 17.1. The number of carbonyl (C=O) groups is 1. The van der Waals surface area contributed by atoms with Gasteiger partial charge in [0.05, 0.1) is 41.9 Å². The quantitative estimate of drug-likeness (QED) is 0.252. The number of amides is 1. The van der Waals surface area contributed by atoms with E-state index in [1.165, 1.54) is 15.6 Å². The molecule has 0 saturated carbocycles. The van der Waals surface area contributed by atoms with E-state index in [1.54, 1.807) is 31.3 Å². The number of aliphatic hydroxyl groups is 1. The number of hydrogen-bond acceptors (Lipinski definition) is 10. The highest BCUT2D eigenvalue weighted by atomic mass is 32.2. The first-order chi connectivity index (χ1) is 21.1. The van der Waals surface area contributed by atoms with Crippen LogP contribution in [0.25, 0.3) is 11.3 Å². The SMILES string of the molecule is CNc1nc(-c2ccc(S(=O)(=O)N(CC(C)C)C[C@@H](O)[C@H](Cc3ccccc3)NC(=O)OC3COC4OCCC34)cc2)cs1. The van der Waals surface area contributed by atoms with Gasteiger partial charge in [-0.2, -0.15) is 4.31 Å². The molecule has 13 heteroatoms. The number of nitrogens with zero attached hydrogens (tertiary/aromatic N) is 2. The fourth-order valence-electron chi connectivity index (χ4n) is 5.50. The Hall–Kier alpha value is -3.07. The average molecular weight is 645 g/mol. The molecular weight excluding hydrogens is 604 g/mol. The molecule has 3 N–H and O–H groups in total. The number of sulfonamides is 1. The lowest BCUT2D eigenvalue weighted by Gasteiger charge is -2.31. The van der Waals surface area contributed by atoms with Crippen molar-refractivity contribution in [1.29, 1.82) is 0 Å². The molecule has 2 aliphatic rings. The summed E-state index contributed by atoms with van der Waals surface area (Å²) in [6.07, 6.45) is -1.72. The van der Waals surface area contributed by atoms with Crippen molar-refractivity contribution in [3.63, 3.8) is 0 Å². The molecule has 2 aromatic carbocycles. The number of anilines is 1. The molecule has 0 spiro atoms. The minimum absolute atomic E-state index is 0.0133. The third-order valence-electron chi connectivity index (χ3n) is 7.78. The van der Waals surface area contributed by atoms with Crippen molar-refractivity contribution in [3.8, 4) is 11.3 Å². The number of nitrogens with one attached hydrogen (secondary N) is 2. The second-order valence-electron chi connectivity index (χ2n) is 11.5. The number of rotatable bonds is 13. The van der Waals surface area contributed by atoms with Gasteiger partial charge in [-0.25, -0.2) is 18.2 Å². The van der Waals surface area contributed by atoms with Gasteiger partial charge in [-0.3, -0.25) is 0 Å². The van der Waals surface area contributed by atoms with Gasteiger partial charge >= 0.3 is 6.09 Å². The van der Waals surface area contributed by atoms with Gasteiger partial charge in [0, 0.05) is 31.1 Å². The van der Waals surface area contributed by atoms with E-state index in [0.717, 1.165) is 28.4 Å². The molecule has 1 amide bonds. The van der Waals surface area contributed by atoms with Crippen molar-refractivity contribution in [1.82, 2.24) is 14.6 Å². The first-order valence-electron chi connectivity index (χ1n) is 14.8. The number of ether oxygens (including phenoxy) is 3. The lowest BCUT2D eigenvalue weighted by atomic mass is 10.0. The van der Waals surface area contributed by atoms with Crippen molar-refractivity contribution in [2.24, 2.45) is 11.8 Å². The summed E-state index contributed by atoms with van der Waals surface area (Å²) >= 11 is 1.47. The van der Waals surface area contributed by atoms with Crippen LogP contribution in [0, 0.1) is 11.8 Å². The molecule has 0 aliphatic carbocycles. The topological polar surface area (TPSA) is 139 Å². The van der Waals surface area contributed by atoms with Crippen LogP contribution in [0.5, 0.6) is 0 Å². The highest BCUT2D eigenvalue weighted by Crippen LogP contribution is 2.33. The van der Waals surface area contributed by atoms with E-state index in [1.807, 2.05) is 49.6 Å². The van der Waals surface area contributed by atoms with Crippen LogP contribution in [0.2, 0.25) is 0 Å². The number of aromatic nitrogens is 1. The summed E-state index contributed by atoms with van der Waals surface area (Å²) < 4.78 is 45.9. The maximum atomic E-state index is 13.9. The molecule has 5 rings (SSSR count). The Morgan fingerprint density at radius 2 is 1.89 bits per heavy atom. The zero-order valence-electron chi connectivity index (χ0n) is 25.1. The normalized spacial score (nSPS) is 21.3. The van der Waals surface area contributed by atoms with Crippen LogP contribution in [0.1, 0.15) is 25.8 Å². The standard InChI is InChI=1S/C31H40N4O7S2/c1-20(2)16-35(44(38,39)23-11-9-22(10-12-23)26-19-43-30(32-3)33-26)17-27(36)25(15-21-7-5-4-6-8-21)34-31(37)42-28-18-41-29-24(28)13-14-40-29/h4-12,19-20,24-25,27-29,36H,13-18H2,1-3H3,(H,32,33)(H,34,37)/t24?,25-,27+,28?,29?/m0/s1. The number of aliphatic hydroxyl groups excluding tert-OH is 1. The highest BCUT2D eigenvalue weighted by molar-refractivity contribution is 7.89. The van der Waals surface area contributed by atoms with Crippen LogP contribution < -0.4 is 10.6 Å². The number of thiazole rings is 1. The second-order valence-corrected chi connectivity index (χ2v) is 14.3. The number of fused-ring (bicyclic) bond motifs is 1. The van der Waals surface area contributed by atoms with E-state index in [9.17, 15) is 18.3 Å². The summed E-state index contributed by atoms with van der Waals surface area (Å²) in [6.45, 7) is 4.59. The smallest absolute Gasteiger partial charge is 0.407 e.